The SMILES string of the molecule is CC(CC(N)=S)NC(=O)C1CCCCS1. The van der Waals surface area contributed by atoms with Gasteiger partial charge >= 0.3 is 0 Å². The predicted molar refractivity (Wildman–Crippen MR) is 69.1 cm³/mol. The first kappa shape index (κ1) is 12.8. The monoisotopic (exact) mass is 246 g/mol. The van der Waals surface area contributed by atoms with E-state index in [9.17, 15) is 4.79 Å². The van der Waals surface area contributed by atoms with E-state index < -0.39 is 0 Å². The summed E-state index contributed by atoms with van der Waals surface area (Å²) in [7, 11) is 0. The molecule has 86 valence electrons. The summed E-state index contributed by atoms with van der Waals surface area (Å²) in [5, 5.41) is 3.09. The Labute approximate surface area is 101 Å². The van der Waals surface area contributed by atoms with Crippen LogP contribution in [0.25, 0.3) is 0 Å². The highest BCUT2D eigenvalue weighted by molar-refractivity contribution is 8.00. The third-order valence-corrected chi connectivity index (χ3v) is 3.91. The van der Waals surface area contributed by atoms with Gasteiger partial charge in [-0.15, -0.1) is 11.8 Å². The maximum atomic E-state index is 11.8. The molecule has 0 radical (unpaired) electrons. The average molecular weight is 246 g/mol. The minimum absolute atomic E-state index is 0.0533. The highest BCUT2D eigenvalue weighted by Gasteiger charge is 2.22. The fourth-order valence-electron chi connectivity index (χ4n) is 1.64. The van der Waals surface area contributed by atoms with Gasteiger partial charge in [0.05, 0.1) is 10.2 Å². The minimum atomic E-state index is 0.0533. The van der Waals surface area contributed by atoms with Gasteiger partial charge in [0, 0.05) is 12.5 Å². The number of amides is 1. The van der Waals surface area contributed by atoms with E-state index in [1.54, 1.807) is 11.8 Å². The van der Waals surface area contributed by atoms with Crippen LogP contribution in [0.2, 0.25) is 0 Å². The summed E-state index contributed by atoms with van der Waals surface area (Å²) in [4.78, 5) is 12.2. The Morgan fingerprint density at radius 2 is 2.40 bits per heavy atom. The molecule has 2 atom stereocenters. The van der Waals surface area contributed by atoms with E-state index in [0.29, 0.717) is 11.4 Å². The van der Waals surface area contributed by atoms with E-state index in [4.69, 9.17) is 18.0 Å². The number of carbonyl (C=O) groups excluding carboxylic acids is 1. The van der Waals surface area contributed by atoms with Crippen molar-refractivity contribution in [2.75, 3.05) is 5.75 Å². The quantitative estimate of drug-likeness (QED) is 0.737. The first-order valence-electron chi connectivity index (χ1n) is 5.30. The van der Waals surface area contributed by atoms with Crippen LogP contribution in [0.4, 0.5) is 0 Å². The molecule has 0 aromatic rings. The van der Waals surface area contributed by atoms with Crippen LogP contribution in [0, 0.1) is 0 Å². The van der Waals surface area contributed by atoms with Gasteiger partial charge in [-0.25, -0.2) is 0 Å². The third kappa shape index (κ3) is 4.84. The molecule has 2 unspecified atom stereocenters. The number of nitrogens with two attached hydrogens (primary N) is 1. The second-order valence-corrected chi connectivity index (χ2v) is 5.77. The van der Waals surface area contributed by atoms with Crippen molar-refractivity contribution in [2.24, 2.45) is 5.73 Å². The molecule has 0 aromatic carbocycles. The van der Waals surface area contributed by atoms with Crippen molar-refractivity contribution in [3.63, 3.8) is 0 Å². The Kier molecular flexibility index (Phi) is 5.39. The molecule has 0 saturated carbocycles. The van der Waals surface area contributed by atoms with Gasteiger partial charge in [-0.05, 0) is 25.5 Å². The zero-order valence-corrected chi connectivity index (χ0v) is 10.6. The molecule has 1 aliphatic heterocycles. The second-order valence-electron chi connectivity index (χ2n) is 3.94. The molecule has 1 heterocycles. The first-order chi connectivity index (χ1) is 7.09. The number of nitrogens with one attached hydrogen (secondary N) is 1. The minimum Gasteiger partial charge on any atom is -0.393 e. The van der Waals surface area contributed by atoms with Crippen LogP contribution in [-0.2, 0) is 4.79 Å². The van der Waals surface area contributed by atoms with E-state index in [2.05, 4.69) is 5.32 Å². The smallest absolute Gasteiger partial charge is 0.233 e. The fourth-order valence-corrected chi connectivity index (χ4v) is 3.09. The molecule has 1 amide bonds. The number of hydrogen-bond donors (Lipinski definition) is 2. The zero-order valence-electron chi connectivity index (χ0n) is 8.99. The molecular weight excluding hydrogens is 228 g/mol. The van der Waals surface area contributed by atoms with Crippen LogP contribution in [0.1, 0.15) is 32.6 Å². The van der Waals surface area contributed by atoms with Crippen molar-refractivity contribution in [3.05, 3.63) is 0 Å². The van der Waals surface area contributed by atoms with Crippen LogP contribution in [0.5, 0.6) is 0 Å². The van der Waals surface area contributed by atoms with E-state index in [1.165, 1.54) is 6.42 Å². The summed E-state index contributed by atoms with van der Waals surface area (Å²) in [6.07, 6.45) is 3.97. The molecule has 5 heteroatoms. The topological polar surface area (TPSA) is 55.1 Å². The number of thiocarbonyl (C=S) groups is 1. The molecule has 3 nitrogen and oxygen atoms in total. The molecule has 1 fully saturated rings. The molecule has 0 bridgehead atoms. The predicted octanol–water partition coefficient (Wildman–Crippen LogP) is 1.45. The number of thioether (sulfide) groups is 1. The Hall–Kier alpha value is -0.290. The third-order valence-electron chi connectivity index (χ3n) is 2.37. The van der Waals surface area contributed by atoms with Crippen LogP contribution >= 0.6 is 24.0 Å². The molecule has 1 rings (SSSR count). The van der Waals surface area contributed by atoms with Crippen molar-refractivity contribution >= 4 is 34.9 Å². The Bertz CT molecular complexity index is 240. The van der Waals surface area contributed by atoms with Crippen molar-refractivity contribution in [1.29, 1.82) is 0 Å². The lowest BCUT2D eigenvalue weighted by molar-refractivity contribution is -0.121. The van der Waals surface area contributed by atoms with E-state index in [0.717, 1.165) is 18.6 Å². The molecule has 1 saturated heterocycles. The zero-order chi connectivity index (χ0) is 11.3. The second kappa shape index (κ2) is 6.33. The van der Waals surface area contributed by atoms with Crippen LogP contribution in [-0.4, -0.2) is 27.9 Å². The number of rotatable bonds is 4. The lowest BCUT2D eigenvalue weighted by Crippen LogP contribution is -2.41. The highest BCUT2D eigenvalue weighted by atomic mass is 32.2. The standard InChI is InChI=1S/C10H18N2OS2/c1-7(6-9(11)14)12-10(13)8-4-2-3-5-15-8/h7-8H,2-6H2,1H3,(H2,11,14)(H,12,13). The summed E-state index contributed by atoms with van der Waals surface area (Å²) in [6, 6.07) is 0.0533. The number of carbonyl (C=O) groups is 1. The Morgan fingerprint density at radius 3 is 2.93 bits per heavy atom. The van der Waals surface area contributed by atoms with Crippen molar-refractivity contribution in [3.8, 4) is 0 Å². The highest BCUT2D eigenvalue weighted by Crippen LogP contribution is 2.25. The fraction of sp³-hybridized carbons (Fsp3) is 0.800. The summed E-state index contributed by atoms with van der Waals surface area (Å²) >= 11 is 6.56. The van der Waals surface area contributed by atoms with Gasteiger partial charge in [0.1, 0.15) is 0 Å². The Morgan fingerprint density at radius 1 is 1.67 bits per heavy atom. The van der Waals surface area contributed by atoms with Gasteiger partial charge in [0.2, 0.25) is 5.91 Å². The summed E-state index contributed by atoms with van der Waals surface area (Å²) in [5.41, 5.74) is 5.42. The summed E-state index contributed by atoms with van der Waals surface area (Å²) in [5.74, 6) is 1.24. The van der Waals surface area contributed by atoms with Crippen molar-refractivity contribution in [2.45, 2.75) is 43.9 Å². The van der Waals surface area contributed by atoms with E-state index in [1.807, 2.05) is 6.92 Å². The normalized spacial score (nSPS) is 23.1. The van der Waals surface area contributed by atoms with E-state index in [-0.39, 0.29) is 17.2 Å². The van der Waals surface area contributed by atoms with Gasteiger partial charge in [-0.3, -0.25) is 4.79 Å². The van der Waals surface area contributed by atoms with E-state index >= 15 is 0 Å². The summed E-state index contributed by atoms with van der Waals surface area (Å²) in [6.45, 7) is 1.94. The van der Waals surface area contributed by atoms with Crippen LogP contribution in [0.15, 0.2) is 0 Å². The van der Waals surface area contributed by atoms with Crippen molar-refractivity contribution < 1.29 is 4.79 Å². The van der Waals surface area contributed by atoms with Crippen LogP contribution < -0.4 is 11.1 Å². The molecule has 0 aliphatic carbocycles. The first-order valence-corrected chi connectivity index (χ1v) is 6.75. The molecule has 15 heavy (non-hydrogen) atoms. The van der Waals surface area contributed by atoms with Gasteiger partial charge in [-0.2, -0.15) is 0 Å². The van der Waals surface area contributed by atoms with Gasteiger partial charge < -0.3 is 11.1 Å². The largest absolute Gasteiger partial charge is 0.393 e. The molecule has 0 aromatic heterocycles. The maximum Gasteiger partial charge on any atom is 0.233 e. The summed E-state index contributed by atoms with van der Waals surface area (Å²) < 4.78 is 0. The van der Waals surface area contributed by atoms with Gasteiger partial charge in [-0.1, -0.05) is 18.6 Å². The molecule has 3 N–H and O–H groups in total. The lowest BCUT2D eigenvalue weighted by atomic mass is 10.1. The van der Waals surface area contributed by atoms with Crippen molar-refractivity contribution in [1.82, 2.24) is 5.32 Å². The Balaban J connectivity index is 2.30. The molecular formula is C10H18N2OS2. The van der Waals surface area contributed by atoms with Gasteiger partial charge in [0.15, 0.2) is 0 Å². The molecule has 0 spiro atoms. The average Bonchev–Trinajstić information content (AvgIpc) is 2.17. The van der Waals surface area contributed by atoms with Crippen LogP contribution in [0.3, 0.4) is 0 Å². The van der Waals surface area contributed by atoms with Gasteiger partial charge in [0.25, 0.3) is 0 Å². The number of hydrogen-bond acceptors (Lipinski definition) is 3. The lowest BCUT2D eigenvalue weighted by Gasteiger charge is -2.22. The maximum absolute atomic E-state index is 11.8. The molecule has 1 aliphatic rings.